The van der Waals surface area contributed by atoms with Gasteiger partial charge in [0.1, 0.15) is 0 Å². The fraction of sp³-hybridized carbons (Fsp3) is 0.364. The molecule has 1 atom stereocenters. The summed E-state index contributed by atoms with van der Waals surface area (Å²) >= 11 is 0. The Morgan fingerprint density at radius 2 is 1.93 bits per heavy atom. The maximum atomic E-state index is 12.6. The van der Waals surface area contributed by atoms with Crippen LogP contribution in [0.2, 0.25) is 0 Å². The zero-order valence-electron chi connectivity index (χ0n) is 8.40. The maximum Gasteiger partial charge on any atom is 0.271 e. The Morgan fingerprint density at radius 3 is 2.33 bits per heavy atom. The highest BCUT2D eigenvalue weighted by atomic mass is 19.3. The Morgan fingerprint density at radius 1 is 1.33 bits per heavy atom. The molecular formula is C11H12F2N2. The van der Waals surface area contributed by atoms with E-state index in [1.807, 2.05) is 0 Å². The molecule has 0 bridgehead atoms. The van der Waals surface area contributed by atoms with Crippen LogP contribution in [0.4, 0.5) is 14.5 Å². The number of benzene rings is 1. The number of para-hydroxylation sites is 1. The lowest BCUT2D eigenvalue weighted by Crippen LogP contribution is -2.39. The van der Waals surface area contributed by atoms with Crippen molar-refractivity contribution in [3.63, 3.8) is 0 Å². The molecule has 0 N–H and O–H groups in total. The summed E-state index contributed by atoms with van der Waals surface area (Å²) in [7, 11) is 0. The summed E-state index contributed by atoms with van der Waals surface area (Å²) in [6, 6.07) is 9.02. The smallest absolute Gasteiger partial charge is 0.271 e. The molecule has 1 aromatic rings. The topological polar surface area (TPSA) is 27.0 Å². The number of halogens is 2. The van der Waals surface area contributed by atoms with Crippen LogP contribution in [0.5, 0.6) is 0 Å². The summed E-state index contributed by atoms with van der Waals surface area (Å²) in [6.45, 7) is 2.13. The van der Waals surface area contributed by atoms with Crippen LogP contribution in [0, 0.1) is 11.3 Å². The van der Waals surface area contributed by atoms with E-state index in [1.54, 1.807) is 43.3 Å². The van der Waals surface area contributed by atoms with Crippen LogP contribution in [-0.2, 0) is 0 Å². The summed E-state index contributed by atoms with van der Waals surface area (Å²) < 4.78 is 25.1. The summed E-state index contributed by atoms with van der Waals surface area (Å²) in [5.41, 5.74) is 0.645. The minimum Gasteiger partial charge on any atom is -0.351 e. The molecule has 0 aromatic heterocycles. The van der Waals surface area contributed by atoms with Crippen LogP contribution in [0.1, 0.15) is 6.92 Å². The second kappa shape index (κ2) is 5.30. The number of hydrogen-bond donors (Lipinski definition) is 0. The standard InChI is InChI=1S/C11H12F2N2/c1-2-15(10(8-14)11(12)13)9-6-4-3-5-7-9/h3-7,10-11H,2H2,1H3. The Hall–Kier alpha value is -1.63. The van der Waals surface area contributed by atoms with Crippen molar-refractivity contribution >= 4 is 5.69 Å². The van der Waals surface area contributed by atoms with Gasteiger partial charge in [-0.1, -0.05) is 18.2 Å². The average molecular weight is 210 g/mol. The largest absolute Gasteiger partial charge is 0.351 e. The number of rotatable bonds is 4. The highest BCUT2D eigenvalue weighted by Crippen LogP contribution is 2.19. The second-order valence-electron chi connectivity index (χ2n) is 3.03. The number of anilines is 1. The Bertz CT molecular complexity index is 332. The molecule has 0 aliphatic heterocycles. The molecule has 4 heteroatoms. The molecule has 0 saturated carbocycles. The molecule has 1 aromatic carbocycles. The molecule has 1 unspecified atom stereocenters. The zero-order valence-corrected chi connectivity index (χ0v) is 8.40. The van der Waals surface area contributed by atoms with Gasteiger partial charge in [0.15, 0.2) is 6.04 Å². The van der Waals surface area contributed by atoms with Gasteiger partial charge in [-0.15, -0.1) is 0 Å². The molecular weight excluding hydrogens is 198 g/mol. The van der Waals surface area contributed by atoms with Gasteiger partial charge in [0.05, 0.1) is 6.07 Å². The molecule has 0 aliphatic rings. The summed E-state index contributed by atoms with van der Waals surface area (Å²) in [5.74, 6) is 0. The van der Waals surface area contributed by atoms with Gasteiger partial charge in [-0.25, -0.2) is 8.78 Å². The van der Waals surface area contributed by atoms with Gasteiger partial charge in [-0.3, -0.25) is 0 Å². The minimum atomic E-state index is -2.66. The first kappa shape index (κ1) is 11.4. The van der Waals surface area contributed by atoms with E-state index in [0.717, 1.165) is 0 Å². The molecule has 0 heterocycles. The van der Waals surface area contributed by atoms with Crippen LogP contribution < -0.4 is 4.90 Å². The molecule has 80 valence electrons. The van der Waals surface area contributed by atoms with Gasteiger partial charge in [0, 0.05) is 12.2 Å². The molecule has 2 nitrogen and oxygen atoms in total. The summed E-state index contributed by atoms with van der Waals surface area (Å²) in [6.07, 6.45) is -2.66. The minimum absolute atomic E-state index is 0.382. The van der Waals surface area contributed by atoms with Gasteiger partial charge in [0.2, 0.25) is 0 Å². The van der Waals surface area contributed by atoms with Crippen molar-refractivity contribution in [2.24, 2.45) is 0 Å². The third-order valence-electron chi connectivity index (χ3n) is 2.14. The SMILES string of the molecule is CCN(c1ccccc1)C(C#N)C(F)F. The first-order valence-corrected chi connectivity index (χ1v) is 4.70. The lowest BCUT2D eigenvalue weighted by Gasteiger charge is -2.27. The predicted molar refractivity (Wildman–Crippen MR) is 54.9 cm³/mol. The number of hydrogen-bond acceptors (Lipinski definition) is 2. The van der Waals surface area contributed by atoms with E-state index in [0.29, 0.717) is 12.2 Å². The Balaban J connectivity index is 2.94. The average Bonchev–Trinajstić information content (AvgIpc) is 2.26. The maximum absolute atomic E-state index is 12.6. The molecule has 1 rings (SSSR count). The number of nitriles is 1. The van der Waals surface area contributed by atoms with E-state index in [2.05, 4.69) is 0 Å². The first-order valence-electron chi connectivity index (χ1n) is 4.70. The van der Waals surface area contributed by atoms with E-state index >= 15 is 0 Å². The summed E-state index contributed by atoms with van der Waals surface area (Å²) in [5, 5.41) is 8.69. The Kier molecular flexibility index (Phi) is 4.04. The lowest BCUT2D eigenvalue weighted by atomic mass is 10.2. The van der Waals surface area contributed by atoms with E-state index in [4.69, 9.17) is 5.26 Å². The molecule has 0 aliphatic carbocycles. The summed E-state index contributed by atoms with van der Waals surface area (Å²) in [4.78, 5) is 1.39. The van der Waals surface area contributed by atoms with Gasteiger partial charge >= 0.3 is 0 Å². The highest BCUT2D eigenvalue weighted by Gasteiger charge is 2.26. The Labute approximate surface area is 87.7 Å². The van der Waals surface area contributed by atoms with Crippen LogP contribution in [0.3, 0.4) is 0 Å². The zero-order chi connectivity index (χ0) is 11.3. The van der Waals surface area contributed by atoms with E-state index in [-0.39, 0.29) is 0 Å². The van der Waals surface area contributed by atoms with Crippen molar-refractivity contribution in [2.45, 2.75) is 19.4 Å². The molecule has 0 spiro atoms. The monoisotopic (exact) mass is 210 g/mol. The normalized spacial score (nSPS) is 12.2. The second-order valence-corrected chi connectivity index (χ2v) is 3.03. The van der Waals surface area contributed by atoms with E-state index in [1.165, 1.54) is 4.90 Å². The molecule has 0 amide bonds. The molecule has 0 saturated heterocycles. The van der Waals surface area contributed by atoms with E-state index in [9.17, 15) is 8.78 Å². The van der Waals surface area contributed by atoms with Crippen molar-refractivity contribution in [1.82, 2.24) is 0 Å². The van der Waals surface area contributed by atoms with Gasteiger partial charge in [0.25, 0.3) is 6.43 Å². The predicted octanol–water partition coefficient (Wildman–Crippen LogP) is 2.67. The fourth-order valence-corrected chi connectivity index (χ4v) is 1.42. The van der Waals surface area contributed by atoms with Crippen LogP contribution in [0.25, 0.3) is 0 Å². The van der Waals surface area contributed by atoms with Gasteiger partial charge in [-0.2, -0.15) is 5.26 Å². The molecule has 0 fully saturated rings. The first-order chi connectivity index (χ1) is 7.20. The van der Waals surface area contributed by atoms with Crippen LogP contribution in [0.15, 0.2) is 30.3 Å². The van der Waals surface area contributed by atoms with Crippen LogP contribution >= 0.6 is 0 Å². The third kappa shape index (κ3) is 2.66. The molecule has 0 radical (unpaired) electrons. The highest BCUT2D eigenvalue weighted by molar-refractivity contribution is 5.48. The van der Waals surface area contributed by atoms with Crippen molar-refractivity contribution in [1.29, 1.82) is 5.26 Å². The fourth-order valence-electron chi connectivity index (χ4n) is 1.42. The van der Waals surface area contributed by atoms with Crippen molar-refractivity contribution < 1.29 is 8.78 Å². The number of nitrogens with zero attached hydrogens (tertiary/aromatic N) is 2. The van der Waals surface area contributed by atoms with Gasteiger partial charge in [-0.05, 0) is 19.1 Å². The van der Waals surface area contributed by atoms with E-state index < -0.39 is 12.5 Å². The quantitative estimate of drug-likeness (QED) is 0.763. The lowest BCUT2D eigenvalue weighted by molar-refractivity contribution is 0.132. The number of alkyl halides is 2. The third-order valence-corrected chi connectivity index (χ3v) is 2.14. The van der Waals surface area contributed by atoms with Crippen molar-refractivity contribution in [3.8, 4) is 6.07 Å². The molecule has 15 heavy (non-hydrogen) atoms. The van der Waals surface area contributed by atoms with Gasteiger partial charge < -0.3 is 4.90 Å². The van der Waals surface area contributed by atoms with Crippen LogP contribution in [-0.4, -0.2) is 19.0 Å². The van der Waals surface area contributed by atoms with Crippen molar-refractivity contribution in [3.05, 3.63) is 30.3 Å². The van der Waals surface area contributed by atoms with Crippen molar-refractivity contribution in [2.75, 3.05) is 11.4 Å².